The van der Waals surface area contributed by atoms with Crippen molar-refractivity contribution in [1.82, 2.24) is 15.2 Å². The summed E-state index contributed by atoms with van der Waals surface area (Å²) in [4.78, 5) is 4.16. The number of H-pyrrole nitrogens is 1. The molecule has 1 aromatic rings. The van der Waals surface area contributed by atoms with Crippen LogP contribution in [0, 0.1) is 11.7 Å². The first-order chi connectivity index (χ1) is 7.25. The number of aryl methyl sites for hydroxylation is 1. The molecule has 0 saturated carbocycles. The fraction of sp³-hybridized carbons (Fsp3) is 0.667. The summed E-state index contributed by atoms with van der Waals surface area (Å²) in [5.74, 6) is 0.745. The van der Waals surface area contributed by atoms with E-state index in [0.717, 1.165) is 37.5 Å². The molecule has 0 radical (unpaired) electrons. The SMILES string of the molecule is Cc1n[nH]c(=S)nc1NCC1CCCO1. The van der Waals surface area contributed by atoms with Crippen molar-refractivity contribution in [3.63, 3.8) is 0 Å². The number of nitrogens with zero attached hydrogens (tertiary/aromatic N) is 2. The first-order valence-corrected chi connectivity index (χ1v) is 5.45. The van der Waals surface area contributed by atoms with E-state index in [2.05, 4.69) is 20.5 Å². The van der Waals surface area contributed by atoms with E-state index in [-0.39, 0.29) is 0 Å². The molecule has 0 bridgehead atoms. The number of rotatable bonds is 3. The molecule has 1 atom stereocenters. The van der Waals surface area contributed by atoms with E-state index < -0.39 is 0 Å². The molecular weight excluding hydrogens is 212 g/mol. The second-order valence-electron chi connectivity index (χ2n) is 3.59. The molecule has 1 aliphatic rings. The number of anilines is 1. The van der Waals surface area contributed by atoms with Gasteiger partial charge in [-0.3, -0.25) is 5.10 Å². The van der Waals surface area contributed by atoms with Gasteiger partial charge in [0.2, 0.25) is 4.77 Å². The molecule has 5 nitrogen and oxygen atoms in total. The van der Waals surface area contributed by atoms with Crippen molar-refractivity contribution in [3.8, 4) is 0 Å². The zero-order valence-electron chi connectivity index (χ0n) is 8.62. The van der Waals surface area contributed by atoms with Gasteiger partial charge in [-0.2, -0.15) is 10.1 Å². The lowest BCUT2D eigenvalue weighted by atomic mass is 10.2. The number of hydrogen-bond acceptors (Lipinski definition) is 5. The Kier molecular flexibility index (Phi) is 3.27. The zero-order valence-corrected chi connectivity index (χ0v) is 9.43. The Morgan fingerprint density at radius 1 is 1.67 bits per heavy atom. The highest BCUT2D eigenvalue weighted by Crippen LogP contribution is 2.13. The summed E-state index contributed by atoms with van der Waals surface area (Å²) in [6.07, 6.45) is 2.55. The Morgan fingerprint density at radius 2 is 2.53 bits per heavy atom. The fourth-order valence-corrected chi connectivity index (χ4v) is 1.71. The Bertz CT molecular complexity index is 386. The van der Waals surface area contributed by atoms with E-state index in [1.807, 2.05) is 6.92 Å². The minimum Gasteiger partial charge on any atom is -0.376 e. The lowest BCUT2D eigenvalue weighted by molar-refractivity contribution is 0.120. The first kappa shape index (κ1) is 10.5. The van der Waals surface area contributed by atoms with Gasteiger partial charge >= 0.3 is 0 Å². The van der Waals surface area contributed by atoms with Crippen molar-refractivity contribution >= 4 is 18.0 Å². The lowest BCUT2D eigenvalue weighted by Gasteiger charge is -2.11. The summed E-state index contributed by atoms with van der Waals surface area (Å²) in [6.45, 7) is 3.52. The number of aromatic nitrogens is 3. The highest BCUT2D eigenvalue weighted by atomic mass is 32.1. The Labute approximate surface area is 93.3 Å². The second-order valence-corrected chi connectivity index (χ2v) is 3.98. The van der Waals surface area contributed by atoms with Gasteiger partial charge in [-0.1, -0.05) is 0 Å². The zero-order chi connectivity index (χ0) is 10.7. The van der Waals surface area contributed by atoms with E-state index in [0.29, 0.717) is 10.9 Å². The number of nitrogens with one attached hydrogen (secondary N) is 2. The van der Waals surface area contributed by atoms with E-state index in [1.54, 1.807) is 0 Å². The van der Waals surface area contributed by atoms with E-state index in [4.69, 9.17) is 17.0 Å². The van der Waals surface area contributed by atoms with E-state index in [9.17, 15) is 0 Å². The van der Waals surface area contributed by atoms with Crippen LogP contribution >= 0.6 is 12.2 Å². The standard InChI is InChI=1S/C9H14N4OS/c1-6-8(11-9(15)13-12-6)10-5-7-3-2-4-14-7/h7H,2-5H2,1H3,(H2,10,11,13,15). The minimum absolute atomic E-state index is 0.295. The van der Waals surface area contributed by atoms with E-state index in [1.165, 1.54) is 0 Å². The topological polar surface area (TPSA) is 62.8 Å². The molecule has 15 heavy (non-hydrogen) atoms. The van der Waals surface area contributed by atoms with Gasteiger partial charge in [-0.05, 0) is 32.0 Å². The average Bonchev–Trinajstić information content (AvgIpc) is 2.72. The van der Waals surface area contributed by atoms with Crippen LogP contribution in [0.25, 0.3) is 0 Å². The van der Waals surface area contributed by atoms with Gasteiger partial charge in [0.1, 0.15) is 0 Å². The number of hydrogen-bond donors (Lipinski definition) is 2. The van der Waals surface area contributed by atoms with Crippen LogP contribution in [-0.4, -0.2) is 34.4 Å². The third-order valence-electron chi connectivity index (χ3n) is 2.40. The van der Waals surface area contributed by atoms with Gasteiger partial charge in [0.15, 0.2) is 5.82 Å². The molecule has 2 rings (SSSR count). The molecule has 1 aliphatic heterocycles. The van der Waals surface area contributed by atoms with Crippen LogP contribution in [0.2, 0.25) is 0 Å². The monoisotopic (exact) mass is 226 g/mol. The third kappa shape index (κ3) is 2.73. The predicted molar refractivity (Wildman–Crippen MR) is 59.4 cm³/mol. The molecule has 0 amide bonds. The molecule has 1 unspecified atom stereocenters. The van der Waals surface area contributed by atoms with Crippen LogP contribution in [0.4, 0.5) is 5.82 Å². The fourth-order valence-electron chi connectivity index (χ4n) is 1.58. The highest BCUT2D eigenvalue weighted by Gasteiger charge is 2.15. The van der Waals surface area contributed by atoms with Gasteiger partial charge in [-0.25, -0.2) is 0 Å². The van der Waals surface area contributed by atoms with Crippen LogP contribution in [0.3, 0.4) is 0 Å². The predicted octanol–water partition coefficient (Wildman–Crippen LogP) is 1.43. The summed E-state index contributed by atoms with van der Waals surface area (Å²) < 4.78 is 5.90. The van der Waals surface area contributed by atoms with Gasteiger partial charge in [0.05, 0.1) is 11.8 Å². The summed E-state index contributed by atoms with van der Waals surface area (Å²) >= 11 is 4.91. The first-order valence-electron chi connectivity index (χ1n) is 5.04. The maximum absolute atomic E-state index is 5.50. The van der Waals surface area contributed by atoms with Gasteiger partial charge in [0, 0.05) is 13.2 Å². The van der Waals surface area contributed by atoms with Crippen LogP contribution in [0.1, 0.15) is 18.5 Å². The Hall–Kier alpha value is -1.01. The maximum atomic E-state index is 5.50. The second kappa shape index (κ2) is 4.67. The summed E-state index contributed by atoms with van der Waals surface area (Å²) in [6, 6.07) is 0. The lowest BCUT2D eigenvalue weighted by Crippen LogP contribution is -2.19. The van der Waals surface area contributed by atoms with Gasteiger partial charge in [0.25, 0.3) is 0 Å². The summed E-state index contributed by atoms with van der Waals surface area (Å²) in [7, 11) is 0. The van der Waals surface area contributed by atoms with Gasteiger partial charge in [-0.15, -0.1) is 0 Å². The Balaban J connectivity index is 1.97. The summed E-state index contributed by atoms with van der Waals surface area (Å²) in [5, 5.41) is 9.89. The molecule has 2 N–H and O–H groups in total. The van der Waals surface area contributed by atoms with Crippen LogP contribution in [0.15, 0.2) is 0 Å². The third-order valence-corrected chi connectivity index (χ3v) is 2.58. The van der Waals surface area contributed by atoms with Crippen LogP contribution in [-0.2, 0) is 4.74 Å². The average molecular weight is 226 g/mol. The van der Waals surface area contributed by atoms with Crippen LogP contribution in [0.5, 0.6) is 0 Å². The van der Waals surface area contributed by atoms with Crippen LogP contribution < -0.4 is 5.32 Å². The molecule has 2 heterocycles. The quantitative estimate of drug-likeness (QED) is 0.763. The molecule has 1 saturated heterocycles. The largest absolute Gasteiger partial charge is 0.376 e. The molecule has 6 heteroatoms. The smallest absolute Gasteiger partial charge is 0.215 e. The highest BCUT2D eigenvalue weighted by molar-refractivity contribution is 7.71. The molecule has 1 fully saturated rings. The molecule has 0 spiro atoms. The Morgan fingerprint density at radius 3 is 3.27 bits per heavy atom. The molecule has 0 aromatic carbocycles. The van der Waals surface area contributed by atoms with Crippen molar-refractivity contribution in [2.75, 3.05) is 18.5 Å². The van der Waals surface area contributed by atoms with Crippen molar-refractivity contribution < 1.29 is 4.74 Å². The van der Waals surface area contributed by atoms with E-state index >= 15 is 0 Å². The van der Waals surface area contributed by atoms with Crippen molar-refractivity contribution in [2.24, 2.45) is 0 Å². The molecular formula is C9H14N4OS. The van der Waals surface area contributed by atoms with Crippen molar-refractivity contribution in [2.45, 2.75) is 25.9 Å². The normalized spacial score (nSPS) is 20.5. The number of aromatic amines is 1. The van der Waals surface area contributed by atoms with Crippen molar-refractivity contribution in [3.05, 3.63) is 10.5 Å². The maximum Gasteiger partial charge on any atom is 0.215 e. The summed E-state index contributed by atoms with van der Waals surface area (Å²) in [5.41, 5.74) is 0.821. The number of ether oxygens (including phenoxy) is 1. The van der Waals surface area contributed by atoms with Gasteiger partial charge < -0.3 is 10.1 Å². The van der Waals surface area contributed by atoms with Crippen molar-refractivity contribution in [1.29, 1.82) is 0 Å². The molecule has 82 valence electrons. The molecule has 0 aliphatic carbocycles. The molecule has 1 aromatic heterocycles. The minimum atomic E-state index is 0.295.